The summed E-state index contributed by atoms with van der Waals surface area (Å²) in [5, 5.41) is 0. The Bertz CT molecular complexity index is 1390. The lowest BCUT2D eigenvalue weighted by molar-refractivity contribution is -0.480. The number of fused-ring (bicyclic) bond motifs is 3. The predicted molar refractivity (Wildman–Crippen MR) is 141 cm³/mol. The van der Waals surface area contributed by atoms with Gasteiger partial charge in [0.25, 0.3) is 6.43 Å². The Morgan fingerprint density at radius 1 is 0.805 bits per heavy atom. The molecule has 0 N–H and O–H groups in total. The van der Waals surface area contributed by atoms with Crippen molar-refractivity contribution in [2.24, 2.45) is 5.41 Å². The van der Waals surface area contributed by atoms with E-state index in [9.17, 15) is 22.0 Å². The minimum atomic E-state index is -2.70. The summed E-state index contributed by atoms with van der Waals surface area (Å²) in [6, 6.07) is 11.0. The lowest BCUT2D eigenvalue weighted by atomic mass is 9.83. The van der Waals surface area contributed by atoms with Gasteiger partial charge in [0.05, 0.1) is 19.8 Å². The van der Waals surface area contributed by atoms with Crippen LogP contribution in [0.25, 0.3) is 11.1 Å². The summed E-state index contributed by atoms with van der Waals surface area (Å²) < 4.78 is 101. The van der Waals surface area contributed by atoms with Crippen molar-refractivity contribution in [1.82, 2.24) is 0 Å². The quantitative estimate of drug-likeness (QED) is 0.181. The van der Waals surface area contributed by atoms with Crippen molar-refractivity contribution in [1.29, 1.82) is 0 Å². The molecule has 3 aliphatic heterocycles. The van der Waals surface area contributed by atoms with Crippen molar-refractivity contribution in [3.8, 4) is 11.1 Å². The molecule has 6 rings (SSSR count). The van der Waals surface area contributed by atoms with Crippen molar-refractivity contribution in [2.75, 3.05) is 19.8 Å². The molecule has 3 aliphatic rings. The van der Waals surface area contributed by atoms with Crippen LogP contribution in [-0.2, 0) is 39.4 Å². The third kappa shape index (κ3) is 6.22. The van der Waals surface area contributed by atoms with Crippen LogP contribution >= 0.6 is 0 Å². The van der Waals surface area contributed by atoms with E-state index in [1.165, 1.54) is 24.3 Å². The van der Waals surface area contributed by atoms with Crippen LogP contribution in [0.5, 0.6) is 0 Å². The molecule has 3 nitrogen and oxygen atoms in total. The van der Waals surface area contributed by atoms with Gasteiger partial charge in [-0.2, -0.15) is 0 Å². The zero-order valence-electron chi connectivity index (χ0n) is 22.5. The number of hydrogen-bond donors (Lipinski definition) is 0. The van der Waals surface area contributed by atoms with Crippen LogP contribution in [0.1, 0.15) is 42.0 Å². The van der Waals surface area contributed by atoms with E-state index < -0.39 is 35.7 Å². The van der Waals surface area contributed by atoms with Crippen LogP contribution in [-0.4, -0.2) is 26.2 Å². The molecule has 2 bridgehead atoms. The molecule has 3 heterocycles. The number of aryl methyl sites for hydroxylation is 2. The van der Waals surface area contributed by atoms with E-state index >= 15 is 4.39 Å². The number of rotatable bonds is 10. The number of alkyl halides is 2. The van der Waals surface area contributed by atoms with E-state index in [4.69, 9.17) is 14.2 Å². The Morgan fingerprint density at radius 2 is 1.49 bits per heavy atom. The first-order chi connectivity index (χ1) is 19.6. The highest BCUT2D eigenvalue weighted by Crippen LogP contribution is 2.46. The molecule has 0 radical (unpaired) electrons. The summed E-state index contributed by atoms with van der Waals surface area (Å²) in [5.41, 5.74) is 0.993. The number of hydrogen-bond acceptors (Lipinski definition) is 3. The highest BCUT2D eigenvalue weighted by atomic mass is 19.3. The third-order valence-corrected chi connectivity index (χ3v) is 7.66. The second-order valence-electron chi connectivity index (χ2n) is 10.7. The highest BCUT2D eigenvalue weighted by molar-refractivity contribution is 5.65. The fourth-order valence-corrected chi connectivity index (χ4v) is 5.41. The number of halogens is 6. The highest BCUT2D eigenvalue weighted by Gasteiger charge is 2.53. The van der Waals surface area contributed by atoms with E-state index in [0.29, 0.717) is 48.2 Å². The minimum Gasteiger partial charge on any atom is -0.323 e. The van der Waals surface area contributed by atoms with Gasteiger partial charge in [-0.05, 0) is 72.7 Å². The molecule has 0 aromatic heterocycles. The Labute approximate surface area is 234 Å². The third-order valence-electron chi connectivity index (χ3n) is 7.66. The molecule has 0 amide bonds. The maximum Gasteiger partial charge on any atom is 0.312 e. The standard InChI is InChI=1S/C32H30F6O3/c1-2-12-31-17-39-32(40-18-31,41-19-31)23-10-11-24(29(36)16-23)22-9-8-21(26(33)15-22)7-6-20-13-27(34)25(28(35)14-20)4-3-5-30(37)38/h3,5,8-11,13-16,30H,2,4,6-7,12,17-19H2,1H3. The van der Waals surface area contributed by atoms with Gasteiger partial charge in [0.2, 0.25) is 0 Å². The maximum atomic E-state index is 15.2. The fourth-order valence-electron chi connectivity index (χ4n) is 5.41. The minimum absolute atomic E-state index is 0.141. The summed E-state index contributed by atoms with van der Waals surface area (Å²) in [5.74, 6) is -4.33. The van der Waals surface area contributed by atoms with Gasteiger partial charge in [0.15, 0.2) is 0 Å². The predicted octanol–water partition coefficient (Wildman–Crippen LogP) is 8.03. The maximum absolute atomic E-state index is 15.2. The van der Waals surface area contributed by atoms with Crippen LogP contribution in [0, 0.1) is 28.7 Å². The average molecular weight is 577 g/mol. The molecule has 0 saturated carbocycles. The van der Waals surface area contributed by atoms with Crippen molar-refractivity contribution in [3.63, 3.8) is 0 Å². The molecule has 0 spiro atoms. The zero-order chi connectivity index (χ0) is 29.2. The van der Waals surface area contributed by atoms with Gasteiger partial charge in [0, 0.05) is 22.1 Å². The number of benzene rings is 3. The monoisotopic (exact) mass is 576 g/mol. The van der Waals surface area contributed by atoms with Crippen LogP contribution < -0.4 is 0 Å². The summed E-state index contributed by atoms with van der Waals surface area (Å²) in [7, 11) is 0. The topological polar surface area (TPSA) is 27.7 Å². The van der Waals surface area contributed by atoms with E-state index in [0.717, 1.165) is 31.1 Å². The lowest BCUT2D eigenvalue weighted by Crippen LogP contribution is -2.58. The molecule has 3 saturated heterocycles. The van der Waals surface area contributed by atoms with Crippen molar-refractivity contribution >= 4 is 0 Å². The van der Waals surface area contributed by atoms with E-state index in [2.05, 4.69) is 6.92 Å². The average Bonchev–Trinajstić information content (AvgIpc) is 2.94. The fraction of sp³-hybridized carbons (Fsp3) is 0.375. The van der Waals surface area contributed by atoms with Gasteiger partial charge in [-0.25, -0.2) is 26.3 Å². The number of ether oxygens (including phenoxy) is 3. The Morgan fingerprint density at radius 3 is 2.07 bits per heavy atom. The van der Waals surface area contributed by atoms with Crippen molar-refractivity contribution in [3.05, 3.63) is 106 Å². The number of allylic oxidation sites excluding steroid dienone is 2. The largest absolute Gasteiger partial charge is 0.323 e. The normalized spacial score (nSPS) is 22.2. The van der Waals surface area contributed by atoms with Crippen molar-refractivity contribution < 1.29 is 40.6 Å². The Kier molecular flexibility index (Phi) is 8.59. The van der Waals surface area contributed by atoms with Gasteiger partial charge in [-0.3, -0.25) is 0 Å². The van der Waals surface area contributed by atoms with E-state index in [1.54, 1.807) is 12.1 Å². The summed E-state index contributed by atoms with van der Waals surface area (Å²) in [6.07, 6.45) is 0.733. The summed E-state index contributed by atoms with van der Waals surface area (Å²) in [4.78, 5) is 0. The molecule has 0 unspecified atom stereocenters. The molecular formula is C32H30F6O3. The van der Waals surface area contributed by atoms with Crippen LogP contribution in [0.15, 0.2) is 60.7 Å². The van der Waals surface area contributed by atoms with E-state index in [1.807, 2.05) is 0 Å². The summed E-state index contributed by atoms with van der Waals surface area (Å²) in [6.45, 7) is 3.45. The molecular weight excluding hydrogens is 546 g/mol. The smallest absolute Gasteiger partial charge is 0.312 e. The molecule has 218 valence electrons. The van der Waals surface area contributed by atoms with Crippen LogP contribution in [0.4, 0.5) is 26.3 Å². The Hall–Kier alpha value is -3.14. The van der Waals surface area contributed by atoms with Gasteiger partial charge >= 0.3 is 5.97 Å². The zero-order valence-corrected chi connectivity index (χ0v) is 22.5. The van der Waals surface area contributed by atoms with E-state index in [-0.39, 0.29) is 35.8 Å². The second-order valence-corrected chi connectivity index (χ2v) is 10.7. The molecule has 9 heteroatoms. The first-order valence-corrected chi connectivity index (χ1v) is 13.6. The second kappa shape index (κ2) is 12.0. The van der Waals surface area contributed by atoms with Gasteiger partial charge < -0.3 is 14.2 Å². The van der Waals surface area contributed by atoms with Crippen molar-refractivity contribution in [2.45, 2.75) is 51.4 Å². The van der Waals surface area contributed by atoms with Crippen LogP contribution in [0.2, 0.25) is 0 Å². The SMILES string of the molecule is CCCC12COC(c3ccc(-c4ccc(CCc5cc(F)c(CC=CC(F)F)c(F)c5)c(F)c4)c(F)c3)(OC1)OC2. The van der Waals surface area contributed by atoms with Crippen LogP contribution in [0.3, 0.4) is 0 Å². The van der Waals surface area contributed by atoms with Gasteiger partial charge in [-0.15, -0.1) is 0 Å². The van der Waals surface area contributed by atoms with Gasteiger partial charge in [0.1, 0.15) is 23.3 Å². The molecule has 0 atom stereocenters. The van der Waals surface area contributed by atoms with Gasteiger partial charge in [-0.1, -0.05) is 43.7 Å². The molecule has 3 aromatic rings. The summed E-state index contributed by atoms with van der Waals surface area (Å²) >= 11 is 0. The first-order valence-electron chi connectivity index (χ1n) is 13.6. The molecule has 41 heavy (non-hydrogen) atoms. The lowest BCUT2D eigenvalue weighted by Gasteiger charge is -2.51. The first kappa shape index (κ1) is 29.4. The Balaban J connectivity index is 1.26. The molecule has 0 aliphatic carbocycles. The molecule has 3 fully saturated rings. The molecule has 3 aromatic carbocycles.